The summed E-state index contributed by atoms with van der Waals surface area (Å²) in [7, 11) is 0. The highest BCUT2D eigenvalue weighted by Crippen LogP contribution is 2.19. The monoisotopic (exact) mass is 291 g/mol. The van der Waals surface area contributed by atoms with E-state index < -0.39 is 6.61 Å². The maximum Gasteiger partial charge on any atom is 0.387 e. The van der Waals surface area contributed by atoms with Crippen molar-refractivity contribution in [3.05, 3.63) is 60.2 Å². The minimum atomic E-state index is -2.79. The van der Waals surface area contributed by atoms with Gasteiger partial charge in [0.1, 0.15) is 5.75 Å². The second-order valence-electron chi connectivity index (χ2n) is 4.84. The molecule has 0 radical (unpaired) electrons. The molecule has 112 valence electrons. The normalized spacial score (nSPS) is 12.2. The minimum absolute atomic E-state index is 0.173. The first-order valence-electron chi connectivity index (χ1n) is 7.02. The zero-order chi connectivity index (χ0) is 15.1. The third-order valence-corrected chi connectivity index (χ3v) is 3.27. The van der Waals surface area contributed by atoms with Gasteiger partial charge < -0.3 is 10.1 Å². The largest absolute Gasteiger partial charge is 0.435 e. The first-order chi connectivity index (χ1) is 10.2. The van der Waals surface area contributed by atoms with Crippen molar-refractivity contribution in [1.82, 2.24) is 0 Å². The Morgan fingerprint density at radius 3 is 2.24 bits per heavy atom. The van der Waals surface area contributed by atoms with Gasteiger partial charge in [-0.1, -0.05) is 37.3 Å². The van der Waals surface area contributed by atoms with Gasteiger partial charge in [0.25, 0.3) is 0 Å². The zero-order valence-corrected chi connectivity index (χ0v) is 11.9. The van der Waals surface area contributed by atoms with Gasteiger partial charge in [-0.2, -0.15) is 8.78 Å². The van der Waals surface area contributed by atoms with Crippen LogP contribution in [0.25, 0.3) is 0 Å². The SMILES string of the molecule is CCC(Cc1ccccc1)Nc1ccc(OC(F)F)cc1. The number of nitrogens with one attached hydrogen (secondary N) is 1. The summed E-state index contributed by atoms with van der Waals surface area (Å²) >= 11 is 0. The van der Waals surface area contributed by atoms with Crippen LogP contribution in [0.1, 0.15) is 18.9 Å². The Kier molecular flexibility index (Phi) is 5.55. The molecule has 0 aliphatic carbocycles. The van der Waals surface area contributed by atoms with Crippen LogP contribution in [-0.4, -0.2) is 12.7 Å². The van der Waals surface area contributed by atoms with Crippen LogP contribution >= 0.6 is 0 Å². The Bertz CT molecular complexity index is 528. The van der Waals surface area contributed by atoms with Crippen LogP contribution in [-0.2, 0) is 6.42 Å². The summed E-state index contributed by atoms with van der Waals surface area (Å²) in [6.45, 7) is -0.667. The van der Waals surface area contributed by atoms with Crippen molar-refractivity contribution in [1.29, 1.82) is 0 Å². The van der Waals surface area contributed by atoms with Crippen molar-refractivity contribution in [3.63, 3.8) is 0 Å². The number of hydrogen-bond donors (Lipinski definition) is 1. The quantitative estimate of drug-likeness (QED) is 0.797. The van der Waals surface area contributed by atoms with E-state index in [4.69, 9.17) is 0 Å². The van der Waals surface area contributed by atoms with E-state index in [0.717, 1.165) is 18.5 Å². The summed E-state index contributed by atoms with van der Waals surface area (Å²) in [4.78, 5) is 0. The second kappa shape index (κ2) is 7.62. The lowest BCUT2D eigenvalue weighted by Gasteiger charge is -2.18. The Morgan fingerprint density at radius 1 is 1.00 bits per heavy atom. The van der Waals surface area contributed by atoms with Crippen molar-refractivity contribution >= 4 is 5.69 Å². The number of hydrogen-bond acceptors (Lipinski definition) is 2. The molecule has 0 heterocycles. The van der Waals surface area contributed by atoms with Gasteiger partial charge in [-0.3, -0.25) is 0 Å². The molecule has 0 spiro atoms. The average molecular weight is 291 g/mol. The number of halogens is 2. The zero-order valence-electron chi connectivity index (χ0n) is 11.9. The highest BCUT2D eigenvalue weighted by Gasteiger charge is 2.08. The van der Waals surface area contributed by atoms with E-state index >= 15 is 0 Å². The van der Waals surface area contributed by atoms with Gasteiger partial charge >= 0.3 is 6.61 Å². The predicted molar refractivity (Wildman–Crippen MR) is 80.9 cm³/mol. The fourth-order valence-corrected chi connectivity index (χ4v) is 2.16. The van der Waals surface area contributed by atoms with E-state index in [9.17, 15) is 8.78 Å². The summed E-state index contributed by atoms with van der Waals surface area (Å²) in [6, 6.07) is 17.2. The Balaban J connectivity index is 1.95. The van der Waals surface area contributed by atoms with E-state index in [1.165, 1.54) is 5.56 Å². The molecular weight excluding hydrogens is 272 g/mol. The Morgan fingerprint density at radius 2 is 1.67 bits per heavy atom. The molecule has 4 heteroatoms. The summed E-state index contributed by atoms with van der Waals surface area (Å²) < 4.78 is 28.5. The highest BCUT2D eigenvalue weighted by atomic mass is 19.3. The third-order valence-electron chi connectivity index (χ3n) is 3.27. The van der Waals surface area contributed by atoms with Gasteiger partial charge in [-0.15, -0.1) is 0 Å². The van der Waals surface area contributed by atoms with Crippen LogP contribution in [0.4, 0.5) is 14.5 Å². The first kappa shape index (κ1) is 15.3. The highest BCUT2D eigenvalue weighted by molar-refractivity contribution is 5.47. The van der Waals surface area contributed by atoms with Gasteiger partial charge in [0.05, 0.1) is 0 Å². The van der Waals surface area contributed by atoms with Gasteiger partial charge in [-0.25, -0.2) is 0 Å². The fraction of sp³-hybridized carbons (Fsp3) is 0.294. The average Bonchev–Trinajstić information content (AvgIpc) is 2.49. The van der Waals surface area contributed by atoms with E-state index in [1.807, 2.05) is 18.2 Å². The minimum Gasteiger partial charge on any atom is -0.435 e. The first-order valence-corrected chi connectivity index (χ1v) is 7.02. The van der Waals surface area contributed by atoms with Gasteiger partial charge in [0.15, 0.2) is 0 Å². The summed E-state index contributed by atoms with van der Waals surface area (Å²) in [5.74, 6) is 0.173. The lowest BCUT2D eigenvalue weighted by Crippen LogP contribution is -2.21. The van der Waals surface area contributed by atoms with Crippen LogP contribution < -0.4 is 10.1 Å². The van der Waals surface area contributed by atoms with E-state index in [2.05, 4.69) is 29.1 Å². The molecule has 0 aliphatic heterocycles. The molecule has 0 aliphatic rings. The standard InChI is InChI=1S/C17H19F2NO/c1-2-14(12-13-6-4-3-5-7-13)20-15-8-10-16(11-9-15)21-17(18)19/h3-11,14,17,20H,2,12H2,1H3. The number of rotatable bonds is 7. The number of ether oxygens (including phenoxy) is 1. The molecular formula is C17H19F2NO. The van der Waals surface area contributed by atoms with Crippen molar-refractivity contribution in [3.8, 4) is 5.75 Å². The van der Waals surface area contributed by atoms with Crippen LogP contribution in [0, 0.1) is 0 Å². The molecule has 0 bridgehead atoms. The Hall–Kier alpha value is -2.10. The molecule has 0 saturated carbocycles. The molecule has 2 nitrogen and oxygen atoms in total. The van der Waals surface area contributed by atoms with Crippen molar-refractivity contribution in [2.45, 2.75) is 32.4 Å². The van der Waals surface area contributed by atoms with Crippen LogP contribution in [0.2, 0.25) is 0 Å². The summed E-state index contributed by atoms with van der Waals surface area (Å²) in [5.41, 5.74) is 2.17. The molecule has 2 aromatic carbocycles. The van der Waals surface area contributed by atoms with Gasteiger partial charge in [0.2, 0.25) is 0 Å². The predicted octanol–water partition coefficient (Wildman–Crippen LogP) is 4.72. The summed E-state index contributed by atoms with van der Waals surface area (Å²) in [5, 5.41) is 3.41. The molecule has 2 rings (SSSR count). The van der Waals surface area contributed by atoms with Crippen molar-refractivity contribution in [2.24, 2.45) is 0 Å². The lowest BCUT2D eigenvalue weighted by molar-refractivity contribution is -0.0498. The van der Waals surface area contributed by atoms with E-state index in [0.29, 0.717) is 6.04 Å². The van der Waals surface area contributed by atoms with Gasteiger partial charge in [0, 0.05) is 11.7 Å². The Labute approximate surface area is 123 Å². The molecule has 2 aromatic rings. The van der Waals surface area contributed by atoms with Gasteiger partial charge in [-0.05, 0) is 42.7 Å². The van der Waals surface area contributed by atoms with Crippen LogP contribution in [0.15, 0.2) is 54.6 Å². The lowest BCUT2D eigenvalue weighted by atomic mass is 10.0. The third kappa shape index (κ3) is 5.06. The summed E-state index contributed by atoms with van der Waals surface area (Å²) in [6.07, 6.45) is 1.90. The maximum absolute atomic E-state index is 12.1. The fourth-order valence-electron chi connectivity index (χ4n) is 2.16. The molecule has 1 unspecified atom stereocenters. The molecule has 21 heavy (non-hydrogen) atoms. The topological polar surface area (TPSA) is 21.3 Å². The smallest absolute Gasteiger partial charge is 0.387 e. The molecule has 1 atom stereocenters. The van der Waals surface area contributed by atoms with Crippen LogP contribution in [0.5, 0.6) is 5.75 Å². The number of alkyl halides is 2. The molecule has 0 saturated heterocycles. The second-order valence-corrected chi connectivity index (χ2v) is 4.84. The van der Waals surface area contributed by atoms with Crippen molar-refractivity contribution < 1.29 is 13.5 Å². The molecule has 1 N–H and O–H groups in total. The molecule has 0 fully saturated rings. The number of benzene rings is 2. The number of anilines is 1. The molecule has 0 aromatic heterocycles. The van der Waals surface area contributed by atoms with Crippen molar-refractivity contribution in [2.75, 3.05) is 5.32 Å². The maximum atomic E-state index is 12.1. The molecule has 0 amide bonds. The van der Waals surface area contributed by atoms with E-state index in [-0.39, 0.29) is 5.75 Å². The van der Waals surface area contributed by atoms with E-state index in [1.54, 1.807) is 24.3 Å². The van der Waals surface area contributed by atoms with Crippen LogP contribution in [0.3, 0.4) is 0 Å².